The van der Waals surface area contributed by atoms with E-state index in [0.717, 1.165) is 33.4 Å². The maximum atomic E-state index is 12.5. The average Bonchev–Trinajstić information content (AvgIpc) is 3.30. The molecule has 0 aliphatic carbocycles. The van der Waals surface area contributed by atoms with E-state index in [1.807, 2.05) is 65.8 Å². The standard InChI is InChI=1S/C20H22O3.C9H14O3/c1-11-7-13(3)17(14(4)8-11)18(21)20(22)23-19-15(5)9-12(2)10-16(19)6;1-7(11)9(2,6-10)8-4-3-5-12-8/h7-10H,1-6H3;3-5,7,10-11H,6H2,1-2H3. The number of Topliss-reactive ketones (excluding diaryl/α,β-unsaturated/α-hetero) is 1. The molecular formula is C29H36O6. The summed E-state index contributed by atoms with van der Waals surface area (Å²) in [7, 11) is 0. The van der Waals surface area contributed by atoms with E-state index in [0.29, 0.717) is 17.1 Å². The summed E-state index contributed by atoms with van der Waals surface area (Å²) in [6, 6.07) is 11.2. The maximum absolute atomic E-state index is 12.5. The van der Waals surface area contributed by atoms with Crippen LogP contribution in [0.2, 0.25) is 0 Å². The summed E-state index contributed by atoms with van der Waals surface area (Å²) in [4.78, 5) is 24.8. The van der Waals surface area contributed by atoms with Gasteiger partial charge in [0, 0.05) is 5.56 Å². The van der Waals surface area contributed by atoms with Gasteiger partial charge in [0.25, 0.3) is 5.78 Å². The number of ketones is 1. The molecule has 0 fully saturated rings. The Morgan fingerprint density at radius 1 is 0.943 bits per heavy atom. The Bertz CT molecular complexity index is 1140. The number of carbonyl (C=O) groups excluding carboxylic acids is 2. The molecule has 0 aliphatic heterocycles. The highest BCUT2D eigenvalue weighted by Crippen LogP contribution is 2.27. The van der Waals surface area contributed by atoms with Crippen molar-refractivity contribution in [3.63, 3.8) is 0 Å². The van der Waals surface area contributed by atoms with Gasteiger partial charge in [-0.15, -0.1) is 0 Å². The van der Waals surface area contributed by atoms with Gasteiger partial charge >= 0.3 is 5.97 Å². The smallest absolute Gasteiger partial charge is 0.385 e. The fourth-order valence-electron chi connectivity index (χ4n) is 4.13. The van der Waals surface area contributed by atoms with Gasteiger partial charge in [-0.1, -0.05) is 35.4 Å². The van der Waals surface area contributed by atoms with Crippen molar-refractivity contribution in [3.8, 4) is 5.75 Å². The van der Waals surface area contributed by atoms with Crippen LogP contribution in [0.5, 0.6) is 5.75 Å². The Morgan fingerprint density at radius 3 is 1.83 bits per heavy atom. The van der Waals surface area contributed by atoms with Gasteiger partial charge in [0.05, 0.1) is 24.4 Å². The average molecular weight is 481 g/mol. The van der Waals surface area contributed by atoms with Crippen molar-refractivity contribution in [1.82, 2.24) is 0 Å². The van der Waals surface area contributed by atoms with Crippen LogP contribution in [0.3, 0.4) is 0 Å². The second-order valence-corrected chi connectivity index (χ2v) is 9.45. The highest BCUT2D eigenvalue weighted by molar-refractivity contribution is 6.41. The van der Waals surface area contributed by atoms with Crippen molar-refractivity contribution in [3.05, 3.63) is 87.4 Å². The molecule has 0 bridgehead atoms. The number of carbonyl (C=O) groups is 2. The minimum atomic E-state index is -0.838. The second kappa shape index (κ2) is 11.5. The van der Waals surface area contributed by atoms with Gasteiger partial charge in [0.15, 0.2) is 0 Å². The summed E-state index contributed by atoms with van der Waals surface area (Å²) < 4.78 is 10.5. The molecule has 0 amide bonds. The molecule has 3 rings (SSSR count). The zero-order valence-corrected chi connectivity index (χ0v) is 21.9. The first kappa shape index (κ1) is 28.0. The lowest BCUT2D eigenvalue weighted by Crippen LogP contribution is -2.37. The second-order valence-electron chi connectivity index (χ2n) is 9.45. The predicted octanol–water partition coefficient (Wildman–Crippen LogP) is 5.24. The molecule has 6 heteroatoms. The largest absolute Gasteiger partial charge is 0.469 e. The summed E-state index contributed by atoms with van der Waals surface area (Å²) in [6.45, 7) is 14.6. The summed E-state index contributed by atoms with van der Waals surface area (Å²) in [5.41, 5.74) is 5.18. The molecule has 0 spiro atoms. The van der Waals surface area contributed by atoms with Crippen LogP contribution >= 0.6 is 0 Å². The third-order valence-corrected chi connectivity index (χ3v) is 6.22. The van der Waals surface area contributed by atoms with Crippen LogP contribution in [-0.4, -0.2) is 34.7 Å². The van der Waals surface area contributed by atoms with Crippen molar-refractivity contribution in [2.24, 2.45) is 0 Å². The van der Waals surface area contributed by atoms with Crippen molar-refractivity contribution in [2.75, 3.05) is 6.61 Å². The van der Waals surface area contributed by atoms with Crippen LogP contribution < -0.4 is 4.74 Å². The molecule has 2 aromatic carbocycles. The summed E-state index contributed by atoms with van der Waals surface area (Å²) >= 11 is 0. The van der Waals surface area contributed by atoms with Crippen molar-refractivity contribution >= 4 is 11.8 Å². The van der Waals surface area contributed by atoms with Crippen LogP contribution in [0.1, 0.15) is 63.3 Å². The Balaban J connectivity index is 0.000000303. The van der Waals surface area contributed by atoms with Crippen LogP contribution in [-0.2, 0) is 10.2 Å². The lowest BCUT2D eigenvalue weighted by atomic mass is 9.83. The molecule has 2 unspecified atom stereocenters. The first-order valence-electron chi connectivity index (χ1n) is 11.6. The fourth-order valence-corrected chi connectivity index (χ4v) is 4.13. The van der Waals surface area contributed by atoms with Gasteiger partial charge in [0.1, 0.15) is 11.5 Å². The number of hydrogen-bond donors (Lipinski definition) is 2. The van der Waals surface area contributed by atoms with Gasteiger partial charge in [-0.25, -0.2) is 4.79 Å². The van der Waals surface area contributed by atoms with E-state index in [4.69, 9.17) is 14.3 Å². The first-order valence-corrected chi connectivity index (χ1v) is 11.6. The highest BCUT2D eigenvalue weighted by atomic mass is 16.5. The summed E-state index contributed by atoms with van der Waals surface area (Å²) in [5.74, 6) is -0.356. The van der Waals surface area contributed by atoms with Crippen molar-refractivity contribution in [2.45, 2.75) is 66.9 Å². The number of hydrogen-bond acceptors (Lipinski definition) is 6. The number of rotatable bonds is 6. The zero-order valence-electron chi connectivity index (χ0n) is 21.9. The molecule has 35 heavy (non-hydrogen) atoms. The predicted molar refractivity (Wildman–Crippen MR) is 136 cm³/mol. The van der Waals surface area contributed by atoms with Crippen molar-refractivity contribution < 1.29 is 29.0 Å². The molecule has 0 radical (unpaired) electrons. The molecule has 0 saturated heterocycles. The van der Waals surface area contributed by atoms with E-state index in [-0.39, 0.29) is 6.61 Å². The molecule has 0 aliphatic rings. The molecule has 0 saturated carbocycles. The Hall–Kier alpha value is -3.22. The minimum absolute atomic E-state index is 0.127. The molecule has 1 heterocycles. The third-order valence-electron chi connectivity index (χ3n) is 6.22. The van der Waals surface area contributed by atoms with Gasteiger partial charge in [-0.3, -0.25) is 4.79 Å². The number of furan rings is 1. The molecular weight excluding hydrogens is 444 g/mol. The first-order chi connectivity index (χ1) is 16.3. The van der Waals surface area contributed by atoms with E-state index < -0.39 is 23.3 Å². The van der Waals surface area contributed by atoms with Crippen LogP contribution in [0.25, 0.3) is 0 Å². The van der Waals surface area contributed by atoms with Crippen LogP contribution in [0, 0.1) is 41.5 Å². The SMILES string of the molecule is CC(O)C(C)(CO)c1ccco1.Cc1cc(C)c(OC(=O)C(=O)c2c(C)cc(C)cc2C)c(C)c1. The number of benzene rings is 2. The molecule has 2 atom stereocenters. The lowest BCUT2D eigenvalue weighted by Gasteiger charge is -2.27. The van der Waals surface area contributed by atoms with E-state index in [1.165, 1.54) is 6.26 Å². The number of aryl methyl sites for hydroxylation is 6. The van der Waals surface area contributed by atoms with E-state index in [2.05, 4.69) is 0 Å². The van der Waals surface area contributed by atoms with Gasteiger partial charge in [-0.2, -0.15) is 0 Å². The normalized spacial score (nSPS) is 13.3. The third kappa shape index (κ3) is 6.47. The van der Waals surface area contributed by atoms with Gasteiger partial charge in [-0.05, 0) is 89.8 Å². The van der Waals surface area contributed by atoms with E-state index >= 15 is 0 Å². The fraction of sp³-hybridized carbons (Fsp3) is 0.379. The molecule has 6 nitrogen and oxygen atoms in total. The summed E-state index contributed by atoms with van der Waals surface area (Å²) in [6.07, 6.45) is 0.902. The maximum Gasteiger partial charge on any atom is 0.385 e. The van der Waals surface area contributed by atoms with E-state index in [1.54, 1.807) is 26.0 Å². The van der Waals surface area contributed by atoms with Crippen molar-refractivity contribution in [1.29, 1.82) is 0 Å². The number of aliphatic hydroxyl groups excluding tert-OH is 2. The topological polar surface area (TPSA) is 97.0 Å². The Morgan fingerprint density at radius 2 is 1.43 bits per heavy atom. The molecule has 1 aromatic heterocycles. The Labute approximate surface area is 207 Å². The molecule has 3 aromatic rings. The zero-order chi connectivity index (χ0) is 26.5. The summed E-state index contributed by atoms with van der Waals surface area (Å²) in [5, 5.41) is 18.5. The molecule has 188 valence electrons. The Kier molecular flexibility index (Phi) is 9.18. The van der Waals surface area contributed by atoms with Gasteiger partial charge in [0.2, 0.25) is 0 Å². The van der Waals surface area contributed by atoms with Crippen LogP contribution in [0.4, 0.5) is 0 Å². The van der Waals surface area contributed by atoms with Crippen LogP contribution in [0.15, 0.2) is 47.1 Å². The quantitative estimate of drug-likeness (QED) is 0.217. The monoisotopic (exact) mass is 480 g/mol. The minimum Gasteiger partial charge on any atom is -0.469 e. The van der Waals surface area contributed by atoms with E-state index in [9.17, 15) is 14.7 Å². The number of aliphatic hydroxyl groups is 2. The van der Waals surface area contributed by atoms with Gasteiger partial charge < -0.3 is 19.4 Å². The number of esters is 1. The lowest BCUT2D eigenvalue weighted by molar-refractivity contribution is -0.129. The number of ether oxygens (including phenoxy) is 1. The highest BCUT2D eigenvalue weighted by Gasteiger charge is 2.34. The molecule has 2 N–H and O–H groups in total.